The lowest BCUT2D eigenvalue weighted by Gasteiger charge is -2.40. The number of carbonyl (C=O) groups is 2. The Hall–Kier alpha value is -2.04. The highest BCUT2D eigenvalue weighted by molar-refractivity contribution is 5.82. The minimum Gasteiger partial charge on any atom is -0.467 e. The lowest BCUT2D eigenvalue weighted by molar-refractivity contribution is -0.150. The number of rotatable bonds is 3. The molecule has 0 N–H and O–H groups in total. The number of carbonyl (C=O) groups excluding carboxylic acids is 2. The normalized spacial score (nSPS) is 21.2. The van der Waals surface area contributed by atoms with E-state index < -0.39 is 17.7 Å². The van der Waals surface area contributed by atoms with E-state index >= 15 is 0 Å². The van der Waals surface area contributed by atoms with Crippen LogP contribution in [0.5, 0.6) is 0 Å². The molecule has 1 fully saturated rings. The van der Waals surface area contributed by atoms with Crippen molar-refractivity contribution >= 4 is 12.1 Å². The minimum absolute atomic E-state index is 0.0288. The summed E-state index contributed by atoms with van der Waals surface area (Å²) in [5, 5.41) is 0. The summed E-state index contributed by atoms with van der Waals surface area (Å²) < 4.78 is 10.5. The molecule has 132 valence electrons. The molecule has 0 radical (unpaired) electrons. The molecule has 1 saturated heterocycles. The largest absolute Gasteiger partial charge is 0.467 e. The molecule has 2 rings (SSSR count). The number of piperidine rings is 1. The van der Waals surface area contributed by atoms with Gasteiger partial charge in [-0.2, -0.15) is 0 Å². The summed E-state index contributed by atoms with van der Waals surface area (Å²) in [6.07, 6.45) is 2.02. The average molecular weight is 333 g/mol. The Morgan fingerprint density at radius 1 is 1.21 bits per heavy atom. The van der Waals surface area contributed by atoms with E-state index in [2.05, 4.69) is 0 Å². The van der Waals surface area contributed by atoms with Gasteiger partial charge in [0.1, 0.15) is 11.6 Å². The van der Waals surface area contributed by atoms with Crippen molar-refractivity contribution in [2.45, 2.75) is 51.7 Å². The Bertz CT molecular complexity index is 564. The van der Waals surface area contributed by atoms with Gasteiger partial charge in [-0.1, -0.05) is 30.3 Å². The predicted molar refractivity (Wildman–Crippen MR) is 91.6 cm³/mol. The summed E-state index contributed by atoms with van der Waals surface area (Å²) in [7, 11) is 1.36. The van der Waals surface area contributed by atoms with Crippen LogP contribution >= 0.6 is 0 Å². The van der Waals surface area contributed by atoms with Crippen molar-refractivity contribution < 1.29 is 19.1 Å². The number of likely N-dealkylation sites (tertiary alicyclic amines) is 1. The molecule has 0 unspecified atom stereocenters. The van der Waals surface area contributed by atoms with Gasteiger partial charge < -0.3 is 9.47 Å². The quantitative estimate of drug-likeness (QED) is 0.795. The van der Waals surface area contributed by atoms with Crippen LogP contribution in [0.2, 0.25) is 0 Å². The Morgan fingerprint density at radius 2 is 1.88 bits per heavy atom. The van der Waals surface area contributed by atoms with Crippen molar-refractivity contribution in [2.24, 2.45) is 5.92 Å². The van der Waals surface area contributed by atoms with E-state index in [4.69, 9.17) is 9.47 Å². The zero-order chi connectivity index (χ0) is 17.7. The van der Waals surface area contributed by atoms with Crippen LogP contribution < -0.4 is 0 Å². The molecule has 1 heterocycles. The van der Waals surface area contributed by atoms with E-state index in [9.17, 15) is 9.59 Å². The van der Waals surface area contributed by atoms with Crippen LogP contribution in [0.4, 0.5) is 4.79 Å². The monoisotopic (exact) mass is 333 g/mol. The molecule has 1 aliphatic heterocycles. The first kappa shape index (κ1) is 18.3. The third-order valence-corrected chi connectivity index (χ3v) is 4.17. The van der Waals surface area contributed by atoms with Crippen molar-refractivity contribution in [3.05, 3.63) is 35.9 Å². The minimum atomic E-state index is -0.598. The van der Waals surface area contributed by atoms with Gasteiger partial charge in [0.25, 0.3) is 0 Å². The molecule has 5 heteroatoms. The third-order valence-electron chi connectivity index (χ3n) is 4.17. The van der Waals surface area contributed by atoms with Gasteiger partial charge >= 0.3 is 12.1 Å². The number of hydrogen-bond acceptors (Lipinski definition) is 4. The summed E-state index contributed by atoms with van der Waals surface area (Å²) in [4.78, 5) is 26.5. The fourth-order valence-electron chi connectivity index (χ4n) is 3.17. The van der Waals surface area contributed by atoms with Gasteiger partial charge in [0.2, 0.25) is 0 Å². The van der Waals surface area contributed by atoms with E-state index in [1.807, 2.05) is 51.1 Å². The first-order valence-corrected chi connectivity index (χ1v) is 8.43. The summed E-state index contributed by atoms with van der Waals surface area (Å²) >= 11 is 0. The first-order valence-electron chi connectivity index (χ1n) is 8.43. The summed E-state index contributed by atoms with van der Waals surface area (Å²) in [5.74, 6) is -0.345. The molecule has 1 aromatic rings. The van der Waals surface area contributed by atoms with E-state index in [1.54, 1.807) is 0 Å². The first-order chi connectivity index (χ1) is 11.3. The molecule has 0 aromatic heterocycles. The third kappa shape index (κ3) is 4.73. The van der Waals surface area contributed by atoms with Gasteiger partial charge in [0.05, 0.1) is 7.11 Å². The van der Waals surface area contributed by atoms with Crippen molar-refractivity contribution in [3.8, 4) is 0 Å². The highest BCUT2D eigenvalue weighted by atomic mass is 16.6. The van der Waals surface area contributed by atoms with Gasteiger partial charge in [-0.3, -0.25) is 4.90 Å². The van der Waals surface area contributed by atoms with E-state index in [0.717, 1.165) is 24.8 Å². The maximum absolute atomic E-state index is 12.5. The molecule has 1 aromatic carbocycles. The molecule has 1 amide bonds. The van der Waals surface area contributed by atoms with Crippen LogP contribution in [-0.4, -0.2) is 42.3 Å². The molecule has 0 bridgehead atoms. The lowest BCUT2D eigenvalue weighted by Crippen LogP contribution is -2.54. The van der Waals surface area contributed by atoms with Crippen molar-refractivity contribution in [3.63, 3.8) is 0 Å². The van der Waals surface area contributed by atoms with Gasteiger partial charge in [0, 0.05) is 6.54 Å². The topological polar surface area (TPSA) is 55.8 Å². The summed E-state index contributed by atoms with van der Waals surface area (Å²) in [5.41, 5.74) is 0.562. The Kier molecular flexibility index (Phi) is 5.86. The summed E-state index contributed by atoms with van der Waals surface area (Å²) in [6.45, 7) is 5.98. The van der Waals surface area contributed by atoms with Gasteiger partial charge in [-0.25, -0.2) is 9.59 Å². The second-order valence-electron chi connectivity index (χ2n) is 7.23. The fourth-order valence-corrected chi connectivity index (χ4v) is 3.17. The number of ether oxygens (including phenoxy) is 2. The lowest BCUT2D eigenvalue weighted by atomic mass is 9.84. The number of benzene rings is 1. The van der Waals surface area contributed by atoms with Crippen molar-refractivity contribution in [1.82, 2.24) is 4.90 Å². The number of methoxy groups -OCH3 is 1. The number of amides is 1. The summed E-state index contributed by atoms with van der Waals surface area (Å²) in [6, 6.07) is 9.42. The zero-order valence-corrected chi connectivity index (χ0v) is 15.0. The number of esters is 1. The number of nitrogens with zero attached hydrogens (tertiary/aromatic N) is 1. The molecule has 0 spiro atoms. The smallest absolute Gasteiger partial charge is 0.411 e. The van der Waals surface area contributed by atoms with Crippen molar-refractivity contribution in [1.29, 1.82) is 0 Å². The Morgan fingerprint density at radius 3 is 2.46 bits per heavy atom. The van der Waals surface area contributed by atoms with Crippen LogP contribution in [0.1, 0.15) is 39.2 Å². The van der Waals surface area contributed by atoms with Crippen LogP contribution in [0.15, 0.2) is 30.3 Å². The Balaban J connectivity index is 2.20. The maximum atomic E-state index is 12.5. The molecule has 0 saturated carbocycles. The van der Waals surface area contributed by atoms with Gasteiger partial charge in [0.15, 0.2) is 0 Å². The standard InChI is InChI=1S/C19H27NO4/c1-19(2,3)24-18(22)20-12-8-11-15(16(20)17(21)23-4)13-14-9-6-5-7-10-14/h5-7,9-10,15-16H,8,11-13H2,1-4H3/t15-,16+/m1/s1. The molecule has 0 aliphatic carbocycles. The molecular formula is C19H27NO4. The maximum Gasteiger partial charge on any atom is 0.411 e. The van der Waals surface area contributed by atoms with E-state index in [0.29, 0.717) is 6.54 Å². The Labute approximate surface area is 143 Å². The zero-order valence-electron chi connectivity index (χ0n) is 15.0. The molecule has 5 nitrogen and oxygen atoms in total. The highest BCUT2D eigenvalue weighted by Crippen LogP contribution is 2.29. The van der Waals surface area contributed by atoms with Gasteiger partial charge in [-0.05, 0) is 51.5 Å². The molecule has 24 heavy (non-hydrogen) atoms. The van der Waals surface area contributed by atoms with E-state index in [1.165, 1.54) is 12.0 Å². The van der Waals surface area contributed by atoms with Gasteiger partial charge in [-0.15, -0.1) is 0 Å². The SMILES string of the molecule is COC(=O)[C@@H]1[C@@H](Cc2ccccc2)CCCN1C(=O)OC(C)(C)C. The second kappa shape index (κ2) is 7.69. The average Bonchev–Trinajstić information content (AvgIpc) is 2.53. The molecular weight excluding hydrogens is 306 g/mol. The van der Waals surface area contributed by atoms with E-state index in [-0.39, 0.29) is 11.9 Å². The van der Waals surface area contributed by atoms with Crippen LogP contribution in [-0.2, 0) is 20.7 Å². The van der Waals surface area contributed by atoms with Crippen molar-refractivity contribution in [2.75, 3.05) is 13.7 Å². The predicted octanol–water partition coefficient (Wildman–Crippen LogP) is 3.42. The van der Waals surface area contributed by atoms with Crippen LogP contribution in [0, 0.1) is 5.92 Å². The van der Waals surface area contributed by atoms with Crippen LogP contribution in [0.3, 0.4) is 0 Å². The molecule has 2 atom stereocenters. The fraction of sp³-hybridized carbons (Fsp3) is 0.579. The highest BCUT2D eigenvalue weighted by Gasteiger charge is 2.41. The van der Waals surface area contributed by atoms with Crippen LogP contribution in [0.25, 0.3) is 0 Å². The number of hydrogen-bond donors (Lipinski definition) is 0. The molecule has 1 aliphatic rings. The second-order valence-corrected chi connectivity index (χ2v) is 7.23.